The summed E-state index contributed by atoms with van der Waals surface area (Å²) in [5, 5.41) is 10.5. The number of nitrogens with zero attached hydrogens (tertiary/aromatic N) is 1. The van der Waals surface area contributed by atoms with E-state index in [1.165, 1.54) is 11.1 Å². The number of hydrogen-bond acceptors (Lipinski definition) is 3. The average Bonchev–Trinajstić information content (AvgIpc) is 2.90. The van der Waals surface area contributed by atoms with Crippen LogP contribution in [0.25, 0.3) is 0 Å². The molecule has 3 nitrogen and oxygen atoms in total. The molecular weight excluding hydrogens is 274 g/mol. The Morgan fingerprint density at radius 3 is 2.64 bits per heavy atom. The lowest BCUT2D eigenvalue weighted by Crippen LogP contribution is -2.36. The van der Waals surface area contributed by atoms with Crippen molar-refractivity contribution in [2.45, 2.75) is 25.0 Å². The van der Waals surface area contributed by atoms with E-state index < -0.39 is 0 Å². The Balaban J connectivity index is 1.65. The van der Waals surface area contributed by atoms with E-state index in [0.29, 0.717) is 0 Å². The van der Waals surface area contributed by atoms with Crippen LogP contribution >= 0.6 is 0 Å². The lowest BCUT2D eigenvalue weighted by Gasteiger charge is -2.27. The summed E-state index contributed by atoms with van der Waals surface area (Å²) in [5.74, 6) is 0.936. The molecule has 0 aliphatic heterocycles. The predicted molar refractivity (Wildman–Crippen MR) is 88.2 cm³/mol. The Morgan fingerprint density at radius 2 is 1.86 bits per heavy atom. The van der Waals surface area contributed by atoms with Gasteiger partial charge in [-0.2, -0.15) is 0 Å². The fourth-order valence-electron chi connectivity index (χ4n) is 3.32. The number of aliphatic hydroxyl groups excluding tert-OH is 1. The largest absolute Gasteiger partial charge is 0.496 e. The summed E-state index contributed by atoms with van der Waals surface area (Å²) in [6.45, 7) is 0.899. The highest BCUT2D eigenvalue weighted by Gasteiger charge is 2.33. The molecule has 2 aromatic rings. The number of ether oxygens (including phenoxy) is 1. The van der Waals surface area contributed by atoms with E-state index in [2.05, 4.69) is 24.1 Å². The first-order valence-electron chi connectivity index (χ1n) is 7.78. The van der Waals surface area contributed by atoms with Crippen molar-refractivity contribution < 1.29 is 9.84 Å². The molecule has 3 heteroatoms. The molecule has 0 fully saturated rings. The molecule has 0 amide bonds. The number of aliphatic hydroxyl groups is 1. The molecular formula is C19H23NO2. The van der Waals surface area contributed by atoms with Crippen molar-refractivity contribution in [1.29, 1.82) is 0 Å². The highest BCUT2D eigenvalue weighted by atomic mass is 16.5. The molecule has 2 unspecified atom stereocenters. The Hall–Kier alpha value is -1.84. The summed E-state index contributed by atoms with van der Waals surface area (Å²) in [6.07, 6.45) is 1.44. The van der Waals surface area contributed by atoms with Crippen LogP contribution in [0.2, 0.25) is 0 Å². The van der Waals surface area contributed by atoms with Crippen molar-refractivity contribution in [1.82, 2.24) is 4.90 Å². The summed E-state index contributed by atoms with van der Waals surface area (Å²) in [7, 11) is 3.80. The summed E-state index contributed by atoms with van der Waals surface area (Å²) < 4.78 is 5.41. The normalized spacial score (nSPS) is 20.2. The van der Waals surface area contributed by atoms with Gasteiger partial charge in [-0.15, -0.1) is 0 Å². The van der Waals surface area contributed by atoms with Gasteiger partial charge in [-0.1, -0.05) is 42.5 Å². The molecule has 1 aliphatic carbocycles. The fraction of sp³-hybridized carbons (Fsp3) is 0.368. The molecule has 2 aromatic carbocycles. The van der Waals surface area contributed by atoms with Gasteiger partial charge < -0.3 is 9.84 Å². The van der Waals surface area contributed by atoms with E-state index in [0.717, 1.165) is 30.7 Å². The van der Waals surface area contributed by atoms with Crippen molar-refractivity contribution in [3.05, 3.63) is 65.2 Å². The summed E-state index contributed by atoms with van der Waals surface area (Å²) in [4.78, 5) is 2.26. The molecule has 116 valence electrons. The van der Waals surface area contributed by atoms with E-state index >= 15 is 0 Å². The number of benzene rings is 2. The molecule has 1 N–H and O–H groups in total. The van der Waals surface area contributed by atoms with Crippen LogP contribution in [0.1, 0.15) is 22.8 Å². The van der Waals surface area contributed by atoms with E-state index in [9.17, 15) is 5.11 Å². The maximum atomic E-state index is 10.5. The Morgan fingerprint density at radius 1 is 1.14 bits per heavy atom. The maximum absolute atomic E-state index is 10.5. The second kappa shape index (κ2) is 6.51. The first-order valence-corrected chi connectivity index (χ1v) is 7.78. The van der Waals surface area contributed by atoms with E-state index in [1.807, 2.05) is 36.4 Å². The zero-order valence-corrected chi connectivity index (χ0v) is 13.2. The lowest BCUT2D eigenvalue weighted by atomic mass is 10.1. The van der Waals surface area contributed by atoms with Gasteiger partial charge in [0.25, 0.3) is 0 Å². The van der Waals surface area contributed by atoms with Crippen molar-refractivity contribution in [3.63, 3.8) is 0 Å². The van der Waals surface area contributed by atoms with Gasteiger partial charge in [-0.3, -0.25) is 4.90 Å². The Labute approximate surface area is 132 Å². The van der Waals surface area contributed by atoms with Gasteiger partial charge in [0.05, 0.1) is 13.2 Å². The van der Waals surface area contributed by atoms with Crippen LogP contribution in [0.4, 0.5) is 0 Å². The van der Waals surface area contributed by atoms with E-state index in [-0.39, 0.29) is 12.1 Å². The van der Waals surface area contributed by atoms with Gasteiger partial charge in [-0.25, -0.2) is 0 Å². The fourth-order valence-corrected chi connectivity index (χ4v) is 3.32. The average molecular weight is 297 g/mol. The molecule has 1 aliphatic rings. The second-order valence-corrected chi connectivity index (χ2v) is 5.96. The van der Waals surface area contributed by atoms with Crippen LogP contribution in [0.5, 0.6) is 5.75 Å². The predicted octanol–water partition coefficient (Wildman–Crippen LogP) is 2.83. The highest BCUT2D eigenvalue weighted by molar-refractivity contribution is 5.36. The van der Waals surface area contributed by atoms with Crippen LogP contribution in [-0.2, 0) is 12.8 Å². The number of likely N-dealkylation sites (N-methyl/N-ethyl adjacent to an activating group) is 1. The first-order chi connectivity index (χ1) is 10.7. The summed E-state index contributed by atoms with van der Waals surface area (Å²) in [5.41, 5.74) is 3.56. The monoisotopic (exact) mass is 297 g/mol. The summed E-state index contributed by atoms with van der Waals surface area (Å²) in [6, 6.07) is 16.5. The molecule has 3 rings (SSSR count). The minimum absolute atomic E-state index is 0.159. The molecule has 22 heavy (non-hydrogen) atoms. The van der Waals surface area contributed by atoms with Crippen LogP contribution < -0.4 is 4.74 Å². The molecule has 0 heterocycles. The third-order valence-corrected chi connectivity index (χ3v) is 4.66. The topological polar surface area (TPSA) is 32.7 Å². The number of hydrogen-bond donors (Lipinski definition) is 1. The summed E-state index contributed by atoms with van der Waals surface area (Å²) >= 11 is 0. The van der Waals surface area contributed by atoms with E-state index in [4.69, 9.17) is 4.74 Å². The third-order valence-electron chi connectivity index (χ3n) is 4.66. The smallest absolute Gasteiger partial charge is 0.122 e. The Kier molecular flexibility index (Phi) is 4.46. The molecule has 0 saturated heterocycles. The van der Waals surface area contributed by atoms with Crippen LogP contribution in [-0.4, -0.2) is 36.8 Å². The zero-order valence-electron chi connectivity index (χ0n) is 13.2. The first kappa shape index (κ1) is 15.1. The second-order valence-electron chi connectivity index (χ2n) is 5.96. The Bertz CT molecular complexity index is 641. The van der Waals surface area contributed by atoms with Crippen LogP contribution in [0.15, 0.2) is 48.5 Å². The number of fused-ring (bicyclic) bond motifs is 1. The SMILES string of the molecule is COc1ccccc1CCN(C)C1Cc2ccccc2C1O. The maximum Gasteiger partial charge on any atom is 0.122 e. The van der Waals surface area contributed by atoms with Crippen molar-refractivity contribution in [2.75, 3.05) is 20.7 Å². The molecule has 2 atom stereocenters. The number of methoxy groups -OCH3 is 1. The number of para-hydroxylation sites is 1. The third kappa shape index (κ3) is 2.87. The molecule has 0 bridgehead atoms. The quantitative estimate of drug-likeness (QED) is 0.921. The zero-order chi connectivity index (χ0) is 15.5. The molecule has 0 radical (unpaired) electrons. The minimum Gasteiger partial charge on any atom is -0.496 e. The molecule has 0 aromatic heterocycles. The molecule has 0 spiro atoms. The van der Waals surface area contributed by atoms with Gasteiger partial charge in [0.1, 0.15) is 5.75 Å². The van der Waals surface area contributed by atoms with Gasteiger partial charge >= 0.3 is 0 Å². The van der Waals surface area contributed by atoms with Gasteiger partial charge in [-0.05, 0) is 42.6 Å². The standard InChI is InChI=1S/C19H23NO2/c1-20(12-11-14-7-4-6-10-18(14)22-2)17-13-15-8-3-5-9-16(15)19(17)21/h3-10,17,19,21H,11-13H2,1-2H3. The van der Waals surface area contributed by atoms with Gasteiger partial charge in [0, 0.05) is 12.6 Å². The van der Waals surface area contributed by atoms with Crippen molar-refractivity contribution >= 4 is 0 Å². The highest BCUT2D eigenvalue weighted by Crippen LogP contribution is 2.33. The molecule has 0 saturated carbocycles. The van der Waals surface area contributed by atoms with E-state index in [1.54, 1.807) is 7.11 Å². The van der Waals surface area contributed by atoms with Crippen LogP contribution in [0.3, 0.4) is 0 Å². The van der Waals surface area contributed by atoms with Crippen molar-refractivity contribution in [2.24, 2.45) is 0 Å². The lowest BCUT2D eigenvalue weighted by molar-refractivity contribution is 0.0766. The van der Waals surface area contributed by atoms with Gasteiger partial charge in [0.15, 0.2) is 0 Å². The minimum atomic E-state index is -0.390. The van der Waals surface area contributed by atoms with Crippen molar-refractivity contribution in [3.8, 4) is 5.75 Å². The van der Waals surface area contributed by atoms with Gasteiger partial charge in [0.2, 0.25) is 0 Å². The van der Waals surface area contributed by atoms with Crippen LogP contribution in [0, 0.1) is 0 Å². The number of rotatable bonds is 5.